The molecular weight excluding hydrogens is 515 g/mol. The summed E-state index contributed by atoms with van der Waals surface area (Å²) in [4.78, 5) is 5.17. The van der Waals surface area contributed by atoms with Crippen LogP contribution in [0.25, 0.3) is 5.57 Å². The van der Waals surface area contributed by atoms with Crippen molar-refractivity contribution >= 4 is 13.9 Å². The predicted molar refractivity (Wildman–Crippen MR) is 154 cm³/mol. The van der Waals surface area contributed by atoms with Gasteiger partial charge in [0.05, 0.1) is 11.7 Å². The molecule has 7 heteroatoms. The molecule has 1 heterocycles. The fourth-order valence-corrected chi connectivity index (χ4v) is 7.06. The first-order valence-electron chi connectivity index (χ1n) is 14.2. The molecule has 0 fully saturated rings. The van der Waals surface area contributed by atoms with Crippen molar-refractivity contribution in [2.75, 3.05) is 0 Å². The topological polar surface area (TPSA) is 42.4 Å². The number of hydrogen-bond acceptors (Lipinski definition) is 3. The van der Waals surface area contributed by atoms with E-state index in [1.165, 1.54) is 17.7 Å². The van der Waals surface area contributed by atoms with Crippen molar-refractivity contribution in [3.63, 3.8) is 0 Å². The smallest absolute Gasteiger partial charge is 0.410 e. The van der Waals surface area contributed by atoms with Crippen LogP contribution in [-0.2, 0) is 23.4 Å². The van der Waals surface area contributed by atoms with E-state index in [0.717, 1.165) is 72.3 Å². The van der Waals surface area contributed by atoms with E-state index in [0.29, 0.717) is 12.0 Å². The van der Waals surface area contributed by atoms with E-state index < -0.39 is 26.2 Å². The summed E-state index contributed by atoms with van der Waals surface area (Å²) >= 11 is 0. The lowest BCUT2D eigenvalue weighted by atomic mass is 9.71. The van der Waals surface area contributed by atoms with Crippen molar-refractivity contribution in [2.24, 2.45) is 5.41 Å². The second-order valence-electron chi connectivity index (χ2n) is 13.6. The number of fused-ring (bicyclic) bond motifs is 1. The zero-order valence-electron chi connectivity index (χ0n) is 24.7. The molecule has 0 unspecified atom stereocenters. The molecule has 2 aromatic rings. The molecule has 1 N–H and O–H groups in total. The molecule has 0 spiro atoms. The van der Waals surface area contributed by atoms with Gasteiger partial charge in [-0.15, -0.1) is 0 Å². The number of allylic oxidation sites excluding steroid dienone is 2. The molecule has 2 aliphatic carbocycles. The van der Waals surface area contributed by atoms with Gasteiger partial charge in [-0.3, -0.25) is 4.98 Å². The Morgan fingerprint density at radius 3 is 2.28 bits per heavy atom. The maximum absolute atomic E-state index is 13.3. The number of aromatic nitrogens is 1. The highest BCUT2D eigenvalue weighted by Crippen LogP contribution is 2.51. The van der Waals surface area contributed by atoms with Gasteiger partial charge in [0.15, 0.2) is 8.32 Å². The molecule has 0 saturated carbocycles. The third-order valence-corrected chi connectivity index (χ3v) is 13.4. The third-order valence-electron chi connectivity index (χ3n) is 8.90. The first-order valence-corrected chi connectivity index (χ1v) is 17.1. The number of hydrogen-bond donors (Lipinski definition) is 1. The molecule has 4 rings (SSSR count). The number of aliphatic hydroxyl groups excluding tert-OH is 1. The Labute approximate surface area is 233 Å². The largest absolute Gasteiger partial charge is 0.416 e. The standard InChI is InChI=1S/C32H44F3NO2Si/c1-9-23-28(29(37)21-14-16-22(17-15-21)32(33,34)35)26(20-12-10-11-13-20)27-24(36-23)18-31(5,6)19-25(27)38-39(7,8)30(2,3)4/h12,14-17,25,29,37H,9-11,13,18-19H2,1-8H3/t25-,29+/m0/s1. The molecule has 2 atom stereocenters. The molecule has 0 radical (unpaired) electrons. The quantitative estimate of drug-likeness (QED) is 0.359. The van der Waals surface area contributed by atoms with Crippen molar-refractivity contribution in [1.29, 1.82) is 0 Å². The van der Waals surface area contributed by atoms with Crippen LogP contribution in [0.1, 0.15) is 119 Å². The van der Waals surface area contributed by atoms with Gasteiger partial charge in [0.2, 0.25) is 0 Å². The predicted octanol–water partition coefficient (Wildman–Crippen LogP) is 9.35. The zero-order chi connectivity index (χ0) is 29.0. The molecule has 0 amide bonds. The Morgan fingerprint density at radius 1 is 1.13 bits per heavy atom. The van der Waals surface area contributed by atoms with Crippen LogP contribution in [0.4, 0.5) is 13.2 Å². The summed E-state index contributed by atoms with van der Waals surface area (Å²) in [7, 11) is -2.16. The van der Waals surface area contributed by atoms with Crippen molar-refractivity contribution in [3.8, 4) is 0 Å². The van der Waals surface area contributed by atoms with Gasteiger partial charge in [-0.2, -0.15) is 13.2 Å². The Hall–Kier alpha value is -1.96. The lowest BCUT2D eigenvalue weighted by Gasteiger charge is -2.45. The number of halogens is 3. The van der Waals surface area contributed by atoms with E-state index in [9.17, 15) is 18.3 Å². The van der Waals surface area contributed by atoms with Crippen LogP contribution < -0.4 is 0 Å². The molecule has 39 heavy (non-hydrogen) atoms. The SMILES string of the molecule is CCc1nc2c(c(C3=CCCC3)c1[C@H](O)c1ccc(C(F)(F)F)cc1)[C@@H](O[Si](C)(C)C(C)(C)C)CC(C)(C)C2. The maximum Gasteiger partial charge on any atom is 0.416 e. The fourth-order valence-electron chi connectivity index (χ4n) is 5.79. The molecule has 0 aliphatic heterocycles. The fraction of sp³-hybridized carbons (Fsp3) is 0.594. The van der Waals surface area contributed by atoms with Gasteiger partial charge in [0, 0.05) is 22.5 Å². The normalized spacial score (nSPS) is 20.5. The van der Waals surface area contributed by atoms with Crippen LogP contribution in [0.5, 0.6) is 0 Å². The van der Waals surface area contributed by atoms with E-state index in [4.69, 9.17) is 9.41 Å². The monoisotopic (exact) mass is 559 g/mol. The van der Waals surface area contributed by atoms with E-state index in [2.05, 4.69) is 53.8 Å². The lowest BCUT2D eigenvalue weighted by molar-refractivity contribution is -0.137. The molecule has 1 aromatic heterocycles. The molecule has 0 saturated heterocycles. The minimum atomic E-state index is -4.42. The molecule has 214 valence electrons. The van der Waals surface area contributed by atoms with Crippen molar-refractivity contribution in [2.45, 2.75) is 117 Å². The summed E-state index contributed by atoms with van der Waals surface area (Å²) in [6.07, 6.45) is 1.83. The summed E-state index contributed by atoms with van der Waals surface area (Å²) in [6, 6.07) is 4.89. The molecule has 2 aliphatic rings. The van der Waals surface area contributed by atoms with Gasteiger partial charge in [0.1, 0.15) is 6.10 Å². The second kappa shape index (κ2) is 10.5. The van der Waals surface area contributed by atoms with Crippen LogP contribution >= 0.6 is 0 Å². The summed E-state index contributed by atoms with van der Waals surface area (Å²) in [5, 5.41) is 11.8. The summed E-state index contributed by atoms with van der Waals surface area (Å²) < 4.78 is 46.9. The van der Waals surface area contributed by atoms with Gasteiger partial charge in [-0.1, -0.05) is 59.8 Å². The summed E-state index contributed by atoms with van der Waals surface area (Å²) in [6.45, 7) is 17.8. The molecular formula is C32H44F3NO2Si. The minimum Gasteiger partial charge on any atom is -0.410 e. The second-order valence-corrected chi connectivity index (χ2v) is 18.4. The average molecular weight is 560 g/mol. The van der Waals surface area contributed by atoms with Crippen LogP contribution in [0.15, 0.2) is 30.3 Å². The van der Waals surface area contributed by atoms with E-state index in [1.54, 1.807) is 0 Å². The van der Waals surface area contributed by atoms with Crippen LogP contribution in [0.3, 0.4) is 0 Å². The zero-order valence-corrected chi connectivity index (χ0v) is 25.7. The highest BCUT2D eigenvalue weighted by atomic mass is 28.4. The van der Waals surface area contributed by atoms with E-state index in [1.807, 2.05) is 6.92 Å². The minimum absolute atomic E-state index is 0.00687. The van der Waals surface area contributed by atoms with Gasteiger partial charge >= 0.3 is 6.18 Å². The number of rotatable bonds is 6. The number of aliphatic hydroxyl groups is 1. The summed E-state index contributed by atoms with van der Waals surface area (Å²) in [5.74, 6) is 0. The first-order chi connectivity index (χ1) is 17.9. The number of pyridine rings is 1. The molecule has 3 nitrogen and oxygen atoms in total. The number of nitrogens with zero attached hydrogens (tertiary/aromatic N) is 1. The highest BCUT2D eigenvalue weighted by Gasteiger charge is 2.45. The van der Waals surface area contributed by atoms with Gasteiger partial charge in [-0.25, -0.2) is 0 Å². The molecule has 1 aromatic carbocycles. The highest BCUT2D eigenvalue weighted by molar-refractivity contribution is 6.74. The Bertz CT molecular complexity index is 1240. The van der Waals surface area contributed by atoms with Crippen LogP contribution in [-0.4, -0.2) is 18.4 Å². The Balaban J connectivity index is 1.95. The number of benzene rings is 1. The van der Waals surface area contributed by atoms with E-state index in [-0.39, 0.29) is 16.6 Å². The third kappa shape index (κ3) is 6.05. The van der Waals surface area contributed by atoms with Crippen molar-refractivity contribution in [1.82, 2.24) is 4.98 Å². The van der Waals surface area contributed by atoms with Crippen LogP contribution in [0.2, 0.25) is 18.1 Å². The Kier molecular flexibility index (Phi) is 8.05. The van der Waals surface area contributed by atoms with Gasteiger partial charge < -0.3 is 9.53 Å². The number of aryl methyl sites for hydroxylation is 1. The van der Waals surface area contributed by atoms with Crippen molar-refractivity contribution < 1.29 is 22.7 Å². The Morgan fingerprint density at radius 2 is 1.77 bits per heavy atom. The number of alkyl halides is 3. The summed E-state index contributed by atoms with van der Waals surface area (Å²) in [5.41, 5.74) is 5.63. The van der Waals surface area contributed by atoms with Gasteiger partial charge in [0.25, 0.3) is 0 Å². The maximum atomic E-state index is 13.3. The van der Waals surface area contributed by atoms with E-state index >= 15 is 0 Å². The van der Waals surface area contributed by atoms with Crippen LogP contribution in [0, 0.1) is 5.41 Å². The van der Waals surface area contributed by atoms with Crippen molar-refractivity contribution in [3.05, 3.63) is 69.5 Å². The average Bonchev–Trinajstić information content (AvgIpc) is 3.35. The molecule has 0 bridgehead atoms. The van der Waals surface area contributed by atoms with Gasteiger partial charge in [-0.05, 0) is 90.9 Å². The lowest BCUT2D eigenvalue weighted by Crippen LogP contribution is -2.44. The first kappa shape index (κ1) is 30.0.